The van der Waals surface area contributed by atoms with E-state index in [0.29, 0.717) is 6.54 Å². The summed E-state index contributed by atoms with van der Waals surface area (Å²) in [7, 11) is 0. The van der Waals surface area contributed by atoms with Crippen molar-refractivity contribution >= 4 is 16.6 Å². The Labute approximate surface area is 108 Å². The smallest absolute Gasteiger partial charge is 0.168 e. The second kappa shape index (κ2) is 5.32. The molecular formula is C16H19NO. The van der Waals surface area contributed by atoms with Crippen molar-refractivity contribution in [3.05, 3.63) is 48.0 Å². The van der Waals surface area contributed by atoms with Crippen LogP contribution in [-0.4, -0.2) is 12.3 Å². The van der Waals surface area contributed by atoms with Crippen LogP contribution in [0.1, 0.15) is 24.2 Å². The SMILES string of the molecule is CC(C)C(CN)C(=O)c1cccc2ccccc12. The zero-order valence-corrected chi connectivity index (χ0v) is 10.9. The zero-order valence-electron chi connectivity index (χ0n) is 10.9. The minimum atomic E-state index is -0.101. The van der Waals surface area contributed by atoms with Gasteiger partial charge in [0.2, 0.25) is 0 Å². The van der Waals surface area contributed by atoms with Gasteiger partial charge in [-0.3, -0.25) is 4.79 Å². The number of benzene rings is 2. The van der Waals surface area contributed by atoms with E-state index in [0.717, 1.165) is 16.3 Å². The van der Waals surface area contributed by atoms with Gasteiger partial charge in [-0.05, 0) is 16.7 Å². The molecule has 0 radical (unpaired) electrons. The predicted octanol–water partition coefficient (Wildman–Crippen LogP) is 3.25. The van der Waals surface area contributed by atoms with Crippen LogP contribution in [0.4, 0.5) is 0 Å². The number of hydrogen-bond donors (Lipinski definition) is 1. The van der Waals surface area contributed by atoms with E-state index in [4.69, 9.17) is 5.73 Å². The minimum absolute atomic E-state index is 0.101. The molecule has 2 nitrogen and oxygen atoms in total. The maximum Gasteiger partial charge on any atom is 0.168 e. The van der Waals surface area contributed by atoms with Gasteiger partial charge in [-0.25, -0.2) is 0 Å². The lowest BCUT2D eigenvalue weighted by molar-refractivity contribution is 0.0894. The molecular weight excluding hydrogens is 222 g/mol. The molecule has 0 fully saturated rings. The Bertz CT molecular complexity index is 555. The van der Waals surface area contributed by atoms with Gasteiger partial charge in [0, 0.05) is 18.0 Å². The average Bonchev–Trinajstić information content (AvgIpc) is 2.38. The van der Waals surface area contributed by atoms with Crippen LogP contribution < -0.4 is 5.73 Å². The molecule has 0 amide bonds. The van der Waals surface area contributed by atoms with E-state index in [1.54, 1.807) is 0 Å². The molecule has 0 saturated carbocycles. The van der Waals surface area contributed by atoms with Crippen molar-refractivity contribution in [3.8, 4) is 0 Å². The van der Waals surface area contributed by atoms with Crippen molar-refractivity contribution in [1.29, 1.82) is 0 Å². The molecule has 2 rings (SSSR count). The standard InChI is InChI=1S/C16H19NO/c1-11(2)15(10-17)16(18)14-9-5-7-12-6-3-4-8-13(12)14/h3-9,11,15H,10,17H2,1-2H3. The maximum absolute atomic E-state index is 12.6. The summed E-state index contributed by atoms with van der Waals surface area (Å²) in [5, 5.41) is 2.12. The summed E-state index contributed by atoms with van der Waals surface area (Å²) in [5.41, 5.74) is 6.52. The first kappa shape index (κ1) is 12.8. The first-order valence-electron chi connectivity index (χ1n) is 6.37. The normalized spacial score (nSPS) is 12.9. The fraction of sp³-hybridized carbons (Fsp3) is 0.312. The molecule has 0 bridgehead atoms. The molecule has 0 heterocycles. The third-order valence-electron chi connectivity index (χ3n) is 3.45. The number of ketones is 1. The summed E-state index contributed by atoms with van der Waals surface area (Å²) in [6, 6.07) is 13.8. The topological polar surface area (TPSA) is 43.1 Å². The molecule has 18 heavy (non-hydrogen) atoms. The molecule has 0 aromatic heterocycles. The summed E-state index contributed by atoms with van der Waals surface area (Å²) in [5.74, 6) is 0.321. The average molecular weight is 241 g/mol. The van der Waals surface area contributed by atoms with Gasteiger partial charge in [-0.15, -0.1) is 0 Å². The van der Waals surface area contributed by atoms with E-state index in [2.05, 4.69) is 0 Å². The Hall–Kier alpha value is -1.67. The van der Waals surface area contributed by atoms with E-state index in [9.17, 15) is 4.79 Å². The van der Waals surface area contributed by atoms with E-state index < -0.39 is 0 Å². The molecule has 2 N–H and O–H groups in total. The molecule has 2 aromatic carbocycles. The van der Waals surface area contributed by atoms with Crippen LogP contribution >= 0.6 is 0 Å². The van der Waals surface area contributed by atoms with Gasteiger partial charge in [-0.2, -0.15) is 0 Å². The van der Waals surface area contributed by atoms with Crippen LogP contribution in [0.5, 0.6) is 0 Å². The highest BCUT2D eigenvalue weighted by molar-refractivity contribution is 6.09. The number of fused-ring (bicyclic) bond motifs is 1. The Morgan fingerprint density at radius 1 is 1.11 bits per heavy atom. The van der Waals surface area contributed by atoms with Crippen molar-refractivity contribution in [2.75, 3.05) is 6.54 Å². The largest absolute Gasteiger partial charge is 0.330 e. The highest BCUT2D eigenvalue weighted by Crippen LogP contribution is 2.23. The van der Waals surface area contributed by atoms with Crippen molar-refractivity contribution < 1.29 is 4.79 Å². The number of hydrogen-bond acceptors (Lipinski definition) is 2. The Morgan fingerprint density at radius 3 is 2.44 bits per heavy atom. The van der Waals surface area contributed by atoms with Gasteiger partial charge in [0.15, 0.2) is 5.78 Å². The lowest BCUT2D eigenvalue weighted by Gasteiger charge is -2.18. The molecule has 0 spiro atoms. The maximum atomic E-state index is 12.6. The Morgan fingerprint density at radius 2 is 1.78 bits per heavy atom. The van der Waals surface area contributed by atoms with Crippen LogP contribution in [0.3, 0.4) is 0 Å². The zero-order chi connectivity index (χ0) is 13.1. The van der Waals surface area contributed by atoms with Gasteiger partial charge < -0.3 is 5.73 Å². The fourth-order valence-corrected chi connectivity index (χ4v) is 2.32. The van der Waals surface area contributed by atoms with Crippen LogP contribution in [0, 0.1) is 11.8 Å². The number of Topliss-reactive ketones (excluding diaryl/α,β-unsaturated/α-hetero) is 1. The Balaban J connectivity index is 2.51. The van der Waals surface area contributed by atoms with Gasteiger partial charge in [0.05, 0.1) is 0 Å². The molecule has 0 aliphatic carbocycles. The molecule has 94 valence electrons. The monoisotopic (exact) mass is 241 g/mol. The van der Waals surface area contributed by atoms with Gasteiger partial charge in [0.1, 0.15) is 0 Å². The van der Waals surface area contributed by atoms with Gasteiger partial charge in [-0.1, -0.05) is 56.3 Å². The van der Waals surface area contributed by atoms with Crippen LogP contribution in [0.25, 0.3) is 10.8 Å². The number of carbonyl (C=O) groups is 1. The molecule has 2 heteroatoms. The van der Waals surface area contributed by atoms with Crippen molar-refractivity contribution in [2.24, 2.45) is 17.6 Å². The molecule has 1 atom stereocenters. The number of carbonyl (C=O) groups excluding carboxylic acids is 1. The minimum Gasteiger partial charge on any atom is -0.330 e. The second-order valence-corrected chi connectivity index (χ2v) is 4.98. The first-order valence-corrected chi connectivity index (χ1v) is 6.37. The molecule has 2 aromatic rings. The lowest BCUT2D eigenvalue weighted by Crippen LogP contribution is -2.28. The Kier molecular flexibility index (Phi) is 3.78. The first-order chi connectivity index (χ1) is 8.65. The number of nitrogens with two attached hydrogens (primary N) is 1. The van der Waals surface area contributed by atoms with E-state index in [-0.39, 0.29) is 17.6 Å². The molecule has 1 unspecified atom stereocenters. The molecule has 0 saturated heterocycles. The van der Waals surface area contributed by atoms with Crippen LogP contribution in [0.15, 0.2) is 42.5 Å². The summed E-state index contributed by atoms with van der Waals surface area (Å²) in [6.07, 6.45) is 0. The molecule has 0 aliphatic heterocycles. The van der Waals surface area contributed by atoms with E-state index >= 15 is 0 Å². The lowest BCUT2D eigenvalue weighted by atomic mass is 9.86. The van der Waals surface area contributed by atoms with E-state index in [1.807, 2.05) is 56.3 Å². The predicted molar refractivity (Wildman–Crippen MR) is 75.7 cm³/mol. The van der Waals surface area contributed by atoms with E-state index in [1.165, 1.54) is 0 Å². The quantitative estimate of drug-likeness (QED) is 0.835. The summed E-state index contributed by atoms with van der Waals surface area (Å²) in [4.78, 5) is 12.6. The summed E-state index contributed by atoms with van der Waals surface area (Å²) < 4.78 is 0. The van der Waals surface area contributed by atoms with Gasteiger partial charge in [0.25, 0.3) is 0 Å². The molecule has 0 aliphatic rings. The number of rotatable bonds is 4. The third kappa shape index (κ3) is 2.29. The van der Waals surface area contributed by atoms with Crippen LogP contribution in [0.2, 0.25) is 0 Å². The van der Waals surface area contributed by atoms with Crippen molar-refractivity contribution in [2.45, 2.75) is 13.8 Å². The van der Waals surface area contributed by atoms with Crippen LogP contribution in [-0.2, 0) is 0 Å². The third-order valence-corrected chi connectivity index (χ3v) is 3.45. The highest BCUT2D eigenvalue weighted by Gasteiger charge is 2.23. The second-order valence-electron chi connectivity index (χ2n) is 4.98. The van der Waals surface area contributed by atoms with Crippen molar-refractivity contribution in [3.63, 3.8) is 0 Å². The summed E-state index contributed by atoms with van der Waals surface area (Å²) in [6.45, 7) is 4.49. The summed E-state index contributed by atoms with van der Waals surface area (Å²) >= 11 is 0. The van der Waals surface area contributed by atoms with Crippen molar-refractivity contribution in [1.82, 2.24) is 0 Å². The van der Waals surface area contributed by atoms with Gasteiger partial charge >= 0.3 is 0 Å². The fourth-order valence-electron chi connectivity index (χ4n) is 2.32. The highest BCUT2D eigenvalue weighted by atomic mass is 16.1.